The lowest BCUT2D eigenvalue weighted by molar-refractivity contribution is -0.142. The van der Waals surface area contributed by atoms with Crippen LogP contribution in [0.3, 0.4) is 0 Å². The van der Waals surface area contributed by atoms with Gasteiger partial charge in [-0.25, -0.2) is 4.79 Å². The molecule has 0 rings (SSSR count). The first-order chi connectivity index (χ1) is 14.0. The Balaban J connectivity index is 4.45. The van der Waals surface area contributed by atoms with Crippen LogP contribution in [0.4, 0.5) is 0 Å². The fraction of sp³-hybridized carbons (Fsp3) is 0.706. The Morgan fingerprint density at radius 2 is 1.53 bits per heavy atom. The number of carbonyl (C=O) groups is 5. The van der Waals surface area contributed by atoms with Gasteiger partial charge in [-0.2, -0.15) is 12.6 Å². The molecule has 0 saturated carbocycles. The summed E-state index contributed by atoms with van der Waals surface area (Å²) in [5.41, 5.74) is 10.9. The predicted molar refractivity (Wildman–Crippen MR) is 113 cm³/mol. The standard InChI is InChI=1S/C17H32N6O6S/c1-9(22-16(27)11(19)8-30)14(25)20-7-13(24)21-10(2)15(26)23-12(17(28)29)5-3-4-6-18/h9-12,30H,3-8,18-19H2,1-2H3,(H,20,25)(H,21,24)(H,22,27)(H,23,26)(H,28,29)/t9-,10-,11-,12-/m0/s1. The molecule has 4 atom stereocenters. The van der Waals surface area contributed by atoms with Crippen molar-refractivity contribution in [3.8, 4) is 0 Å². The van der Waals surface area contributed by atoms with E-state index in [1.54, 1.807) is 0 Å². The van der Waals surface area contributed by atoms with Gasteiger partial charge in [0.25, 0.3) is 0 Å². The normalized spacial score (nSPS) is 14.6. The molecule has 0 fully saturated rings. The van der Waals surface area contributed by atoms with Gasteiger partial charge >= 0.3 is 5.97 Å². The molecule has 0 aliphatic carbocycles. The van der Waals surface area contributed by atoms with Crippen LogP contribution >= 0.6 is 12.6 Å². The molecule has 0 aliphatic rings. The molecule has 9 N–H and O–H groups in total. The number of unbranched alkanes of at least 4 members (excludes halogenated alkanes) is 1. The van der Waals surface area contributed by atoms with Crippen LogP contribution in [0.1, 0.15) is 33.1 Å². The van der Waals surface area contributed by atoms with Crippen LogP contribution in [0.25, 0.3) is 0 Å². The van der Waals surface area contributed by atoms with Crippen molar-refractivity contribution in [1.82, 2.24) is 21.3 Å². The molecule has 13 heteroatoms. The number of nitrogens with one attached hydrogen (secondary N) is 4. The molecule has 0 saturated heterocycles. The van der Waals surface area contributed by atoms with Gasteiger partial charge in [-0.3, -0.25) is 19.2 Å². The Bertz CT molecular complexity index is 620. The van der Waals surface area contributed by atoms with Crippen molar-refractivity contribution in [2.24, 2.45) is 11.5 Å². The van der Waals surface area contributed by atoms with Crippen LogP contribution in [0.2, 0.25) is 0 Å². The lowest BCUT2D eigenvalue weighted by atomic mass is 10.1. The molecule has 0 radical (unpaired) electrons. The third-order valence-electron chi connectivity index (χ3n) is 4.04. The van der Waals surface area contributed by atoms with Crippen molar-refractivity contribution >= 4 is 42.2 Å². The summed E-state index contributed by atoms with van der Waals surface area (Å²) in [6, 6.07) is -3.90. The van der Waals surface area contributed by atoms with Crippen LogP contribution < -0.4 is 32.7 Å². The fourth-order valence-corrected chi connectivity index (χ4v) is 2.36. The number of aliphatic carboxylic acids is 1. The molecule has 0 aliphatic heterocycles. The van der Waals surface area contributed by atoms with Gasteiger partial charge in [0, 0.05) is 5.75 Å². The van der Waals surface area contributed by atoms with E-state index in [0.29, 0.717) is 19.4 Å². The maximum Gasteiger partial charge on any atom is 0.326 e. The number of nitrogens with two attached hydrogens (primary N) is 2. The van der Waals surface area contributed by atoms with Crippen LogP contribution in [0, 0.1) is 0 Å². The highest BCUT2D eigenvalue weighted by Crippen LogP contribution is 2.01. The average Bonchev–Trinajstić information content (AvgIpc) is 2.69. The fourth-order valence-electron chi connectivity index (χ4n) is 2.19. The first-order valence-corrected chi connectivity index (χ1v) is 10.1. The molecule has 12 nitrogen and oxygen atoms in total. The Labute approximate surface area is 180 Å². The lowest BCUT2D eigenvalue weighted by Gasteiger charge is -2.19. The average molecular weight is 449 g/mol. The highest BCUT2D eigenvalue weighted by atomic mass is 32.1. The highest BCUT2D eigenvalue weighted by molar-refractivity contribution is 7.80. The van der Waals surface area contributed by atoms with Gasteiger partial charge < -0.3 is 37.8 Å². The molecular formula is C17H32N6O6S. The third-order valence-corrected chi connectivity index (χ3v) is 4.43. The van der Waals surface area contributed by atoms with Crippen LogP contribution in [0.15, 0.2) is 0 Å². The van der Waals surface area contributed by atoms with E-state index in [1.807, 2.05) is 0 Å². The number of carboxylic acids is 1. The van der Waals surface area contributed by atoms with Gasteiger partial charge in [-0.15, -0.1) is 0 Å². The summed E-state index contributed by atoms with van der Waals surface area (Å²) in [6.45, 7) is 2.79. The van der Waals surface area contributed by atoms with E-state index >= 15 is 0 Å². The zero-order chi connectivity index (χ0) is 23.3. The molecule has 0 aromatic rings. The summed E-state index contributed by atoms with van der Waals surface area (Å²) in [4.78, 5) is 58.9. The molecule has 30 heavy (non-hydrogen) atoms. The highest BCUT2D eigenvalue weighted by Gasteiger charge is 2.24. The Morgan fingerprint density at radius 3 is 2.07 bits per heavy atom. The van der Waals surface area contributed by atoms with Crippen molar-refractivity contribution in [2.45, 2.75) is 57.3 Å². The van der Waals surface area contributed by atoms with Gasteiger partial charge in [-0.05, 0) is 39.7 Å². The number of carbonyl (C=O) groups excluding carboxylic acids is 4. The first kappa shape index (κ1) is 27.6. The van der Waals surface area contributed by atoms with Crippen molar-refractivity contribution in [1.29, 1.82) is 0 Å². The minimum atomic E-state index is -1.18. The number of rotatable bonds is 14. The van der Waals surface area contributed by atoms with Gasteiger partial charge in [0.05, 0.1) is 12.6 Å². The summed E-state index contributed by atoms with van der Waals surface area (Å²) < 4.78 is 0. The molecule has 0 spiro atoms. The Morgan fingerprint density at radius 1 is 0.933 bits per heavy atom. The molecule has 0 bridgehead atoms. The van der Waals surface area contributed by atoms with Crippen LogP contribution in [0.5, 0.6) is 0 Å². The zero-order valence-electron chi connectivity index (χ0n) is 17.1. The second kappa shape index (κ2) is 14.6. The summed E-state index contributed by atoms with van der Waals surface area (Å²) in [7, 11) is 0. The predicted octanol–water partition coefficient (Wildman–Crippen LogP) is -2.93. The van der Waals surface area contributed by atoms with Gasteiger partial charge in [0.1, 0.15) is 18.1 Å². The summed E-state index contributed by atoms with van der Waals surface area (Å²) in [5.74, 6) is -3.57. The second-order valence-electron chi connectivity index (χ2n) is 6.71. The van der Waals surface area contributed by atoms with Gasteiger partial charge in [-0.1, -0.05) is 0 Å². The molecule has 0 unspecified atom stereocenters. The summed E-state index contributed by atoms with van der Waals surface area (Å²) >= 11 is 3.89. The van der Waals surface area contributed by atoms with E-state index < -0.39 is 60.3 Å². The maximum absolute atomic E-state index is 12.1. The van der Waals surface area contributed by atoms with E-state index in [9.17, 15) is 29.1 Å². The van der Waals surface area contributed by atoms with E-state index in [2.05, 4.69) is 33.9 Å². The number of hydrogen-bond acceptors (Lipinski definition) is 8. The van der Waals surface area contributed by atoms with Crippen molar-refractivity contribution in [3.63, 3.8) is 0 Å². The van der Waals surface area contributed by atoms with Crippen molar-refractivity contribution in [3.05, 3.63) is 0 Å². The number of carboxylic acid groups (broad SMARTS) is 1. The Hall–Kier alpha value is -2.38. The summed E-state index contributed by atoms with van der Waals surface area (Å²) in [6.07, 6.45) is 1.38. The van der Waals surface area contributed by atoms with E-state index in [0.717, 1.165) is 0 Å². The Kier molecular flexibility index (Phi) is 13.4. The second-order valence-corrected chi connectivity index (χ2v) is 7.08. The van der Waals surface area contributed by atoms with E-state index in [1.165, 1.54) is 13.8 Å². The first-order valence-electron chi connectivity index (χ1n) is 9.50. The molecule has 0 aromatic heterocycles. The number of hydrogen-bond donors (Lipinski definition) is 8. The van der Waals surface area contributed by atoms with Crippen molar-refractivity contribution < 1.29 is 29.1 Å². The molecule has 0 heterocycles. The minimum Gasteiger partial charge on any atom is -0.480 e. The van der Waals surface area contributed by atoms with Crippen molar-refractivity contribution in [2.75, 3.05) is 18.8 Å². The summed E-state index contributed by atoms with van der Waals surface area (Å²) in [5, 5.41) is 18.6. The van der Waals surface area contributed by atoms with E-state index in [-0.39, 0.29) is 12.2 Å². The number of amides is 4. The number of thiol groups is 1. The van der Waals surface area contributed by atoms with Crippen LogP contribution in [-0.4, -0.2) is 77.7 Å². The maximum atomic E-state index is 12.1. The van der Waals surface area contributed by atoms with Gasteiger partial charge in [0.2, 0.25) is 23.6 Å². The largest absolute Gasteiger partial charge is 0.480 e. The lowest BCUT2D eigenvalue weighted by Crippen LogP contribution is -2.54. The zero-order valence-corrected chi connectivity index (χ0v) is 18.0. The molecule has 0 aromatic carbocycles. The topological polar surface area (TPSA) is 206 Å². The monoisotopic (exact) mass is 448 g/mol. The SMILES string of the molecule is C[C@H](NC(=O)CNC(=O)[C@H](C)NC(=O)[C@@H](N)CS)C(=O)N[C@@H](CCCCN)C(=O)O. The molecule has 4 amide bonds. The smallest absolute Gasteiger partial charge is 0.326 e. The minimum absolute atomic E-state index is 0.109. The molecule has 172 valence electrons. The third kappa shape index (κ3) is 11.0. The molecular weight excluding hydrogens is 416 g/mol. The van der Waals surface area contributed by atoms with Gasteiger partial charge in [0.15, 0.2) is 0 Å². The van der Waals surface area contributed by atoms with Crippen LogP contribution in [-0.2, 0) is 24.0 Å². The quantitative estimate of drug-likeness (QED) is 0.102. The van der Waals surface area contributed by atoms with E-state index in [4.69, 9.17) is 11.5 Å².